The molecule has 0 aliphatic heterocycles. The van der Waals surface area contributed by atoms with Gasteiger partial charge in [0.1, 0.15) is 5.69 Å². The van der Waals surface area contributed by atoms with Crippen molar-refractivity contribution in [3.63, 3.8) is 0 Å². The fraction of sp³-hybridized carbons (Fsp3) is 0.625. The number of hydrogen-bond acceptors (Lipinski definition) is 3. The van der Waals surface area contributed by atoms with Crippen LogP contribution in [0.1, 0.15) is 49.5 Å². The van der Waals surface area contributed by atoms with Gasteiger partial charge in [-0.25, -0.2) is 4.98 Å². The first-order valence-electron chi connectivity index (χ1n) is 7.61. The fourth-order valence-corrected chi connectivity index (χ4v) is 2.77. The van der Waals surface area contributed by atoms with Crippen LogP contribution in [0.15, 0.2) is 18.3 Å². The molecule has 0 spiro atoms. The molecule has 2 N–H and O–H groups in total. The normalized spacial score (nSPS) is 22.3. The molecule has 4 nitrogen and oxygen atoms in total. The van der Waals surface area contributed by atoms with E-state index in [1.54, 1.807) is 12.3 Å². The minimum Gasteiger partial charge on any atom is -0.387 e. The first-order chi connectivity index (χ1) is 9.69. The molecule has 2 rings (SSSR count). The first-order valence-corrected chi connectivity index (χ1v) is 7.61. The number of pyridine rings is 1. The summed E-state index contributed by atoms with van der Waals surface area (Å²) in [6, 6.07) is 3.62. The van der Waals surface area contributed by atoms with E-state index in [1.807, 2.05) is 13.1 Å². The van der Waals surface area contributed by atoms with Gasteiger partial charge in [-0.2, -0.15) is 0 Å². The summed E-state index contributed by atoms with van der Waals surface area (Å²) in [7, 11) is 1.84. The molecule has 1 aromatic heterocycles. The summed E-state index contributed by atoms with van der Waals surface area (Å²) in [4.78, 5) is 16.1. The number of hydrogen-bond donors (Lipinski definition) is 2. The maximum Gasteiger partial charge on any atom is 0.269 e. The van der Waals surface area contributed by atoms with E-state index in [9.17, 15) is 4.79 Å². The molecule has 0 atom stereocenters. The molecule has 1 aromatic rings. The molecule has 1 aliphatic rings. The molecule has 0 radical (unpaired) electrons. The maximum absolute atomic E-state index is 11.9. The van der Waals surface area contributed by atoms with E-state index < -0.39 is 0 Å². The number of anilines is 1. The minimum absolute atomic E-state index is 0.0724. The zero-order valence-corrected chi connectivity index (χ0v) is 12.5. The van der Waals surface area contributed by atoms with Gasteiger partial charge in [0, 0.05) is 13.6 Å². The summed E-state index contributed by atoms with van der Waals surface area (Å²) >= 11 is 0. The van der Waals surface area contributed by atoms with Crippen molar-refractivity contribution in [2.24, 2.45) is 11.8 Å². The molecular formula is C16H25N3O. The summed E-state index contributed by atoms with van der Waals surface area (Å²) in [5, 5.41) is 5.96. The number of nitrogens with one attached hydrogen (secondary N) is 2. The van der Waals surface area contributed by atoms with Crippen LogP contribution in [-0.2, 0) is 0 Å². The lowest BCUT2D eigenvalue weighted by molar-refractivity contribution is 0.0945. The van der Waals surface area contributed by atoms with E-state index in [4.69, 9.17) is 0 Å². The van der Waals surface area contributed by atoms with E-state index in [1.165, 1.54) is 25.7 Å². The van der Waals surface area contributed by atoms with Crippen LogP contribution in [0.4, 0.5) is 5.69 Å². The molecule has 1 saturated carbocycles. The van der Waals surface area contributed by atoms with Crippen LogP contribution in [0.25, 0.3) is 0 Å². The maximum atomic E-state index is 11.9. The molecule has 0 saturated heterocycles. The van der Waals surface area contributed by atoms with E-state index in [2.05, 4.69) is 22.5 Å². The Hall–Kier alpha value is -1.58. The predicted octanol–water partition coefficient (Wildman–Crippen LogP) is 3.07. The third-order valence-electron chi connectivity index (χ3n) is 4.26. The Labute approximate surface area is 121 Å². The second-order valence-corrected chi connectivity index (χ2v) is 5.85. The average Bonchev–Trinajstić information content (AvgIpc) is 2.49. The Balaban J connectivity index is 1.71. The molecular weight excluding hydrogens is 250 g/mol. The summed E-state index contributed by atoms with van der Waals surface area (Å²) < 4.78 is 0. The minimum atomic E-state index is -0.0724. The van der Waals surface area contributed by atoms with Crippen LogP contribution in [0.3, 0.4) is 0 Å². The van der Waals surface area contributed by atoms with Crippen LogP contribution < -0.4 is 10.6 Å². The number of carbonyl (C=O) groups is 1. The molecule has 1 amide bonds. The van der Waals surface area contributed by atoms with Gasteiger partial charge in [-0.3, -0.25) is 4.79 Å². The number of amides is 1. The van der Waals surface area contributed by atoms with Crippen molar-refractivity contribution in [3.05, 3.63) is 24.0 Å². The first kappa shape index (κ1) is 14.8. The van der Waals surface area contributed by atoms with Crippen molar-refractivity contribution in [1.82, 2.24) is 10.3 Å². The summed E-state index contributed by atoms with van der Waals surface area (Å²) in [6.07, 6.45) is 8.07. The summed E-state index contributed by atoms with van der Waals surface area (Å²) in [6.45, 7) is 3.09. The van der Waals surface area contributed by atoms with E-state index >= 15 is 0 Å². The second kappa shape index (κ2) is 7.27. The highest BCUT2D eigenvalue weighted by atomic mass is 16.1. The molecule has 4 heteroatoms. The molecule has 20 heavy (non-hydrogen) atoms. The average molecular weight is 275 g/mol. The van der Waals surface area contributed by atoms with Crippen LogP contribution in [0.5, 0.6) is 0 Å². The van der Waals surface area contributed by atoms with Crippen molar-refractivity contribution in [1.29, 1.82) is 0 Å². The van der Waals surface area contributed by atoms with Crippen molar-refractivity contribution < 1.29 is 4.79 Å². The van der Waals surface area contributed by atoms with Crippen molar-refractivity contribution >= 4 is 11.6 Å². The molecule has 0 aromatic carbocycles. The molecule has 1 heterocycles. The standard InChI is InChI=1S/C16H25N3O/c1-12-3-5-13(6-4-12)9-10-18-16(20)15-8-7-14(17-2)11-19-15/h7-8,11-13,17H,3-6,9-10H2,1-2H3,(H,18,20). The fourth-order valence-electron chi connectivity index (χ4n) is 2.77. The van der Waals surface area contributed by atoms with Crippen LogP contribution in [-0.4, -0.2) is 24.5 Å². The zero-order chi connectivity index (χ0) is 14.4. The quantitative estimate of drug-likeness (QED) is 0.868. The van der Waals surface area contributed by atoms with Crippen molar-refractivity contribution in [2.75, 3.05) is 18.9 Å². The van der Waals surface area contributed by atoms with Gasteiger partial charge in [-0.05, 0) is 30.4 Å². The monoisotopic (exact) mass is 275 g/mol. The van der Waals surface area contributed by atoms with E-state index in [-0.39, 0.29) is 5.91 Å². The lowest BCUT2D eigenvalue weighted by Gasteiger charge is -2.26. The predicted molar refractivity (Wildman–Crippen MR) is 81.9 cm³/mol. The SMILES string of the molecule is CNc1ccc(C(=O)NCCC2CCC(C)CC2)nc1. The molecule has 110 valence electrons. The van der Waals surface area contributed by atoms with E-state index in [0.29, 0.717) is 5.69 Å². The highest BCUT2D eigenvalue weighted by Crippen LogP contribution is 2.29. The summed E-state index contributed by atoms with van der Waals surface area (Å²) in [5.41, 5.74) is 1.40. The van der Waals surface area contributed by atoms with Crippen molar-refractivity contribution in [2.45, 2.75) is 39.0 Å². The molecule has 1 aliphatic carbocycles. The Morgan fingerprint density at radius 2 is 2.05 bits per heavy atom. The molecule has 1 fully saturated rings. The highest BCUT2D eigenvalue weighted by Gasteiger charge is 2.18. The van der Waals surface area contributed by atoms with Gasteiger partial charge in [-0.15, -0.1) is 0 Å². The van der Waals surface area contributed by atoms with Gasteiger partial charge in [0.2, 0.25) is 0 Å². The zero-order valence-electron chi connectivity index (χ0n) is 12.5. The van der Waals surface area contributed by atoms with Crippen LogP contribution >= 0.6 is 0 Å². The number of carbonyl (C=O) groups excluding carboxylic acids is 1. The number of rotatable bonds is 5. The van der Waals surface area contributed by atoms with Gasteiger partial charge < -0.3 is 10.6 Å². The van der Waals surface area contributed by atoms with Crippen LogP contribution in [0, 0.1) is 11.8 Å². The second-order valence-electron chi connectivity index (χ2n) is 5.85. The Kier molecular flexibility index (Phi) is 5.39. The smallest absolute Gasteiger partial charge is 0.269 e. The third-order valence-corrected chi connectivity index (χ3v) is 4.26. The lowest BCUT2D eigenvalue weighted by Crippen LogP contribution is -2.27. The number of nitrogens with zero attached hydrogens (tertiary/aromatic N) is 1. The number of aromatic nitrogens is 1. The van der Waals surface area contributed by atoms with Gasteiger partial charge >= 0.3 is 0 Å². The van der Waals surface area contributed by atoms with Gasteiger partial charge in [0.15, 0.2) is 0 Å². The Morgan fingerprint density at radius 3 is 2.65 bits per heavy atom. The lowest BCUT2D eigenvalue weighted by atomic mass is 9.81. The van der Waals surface area contributed by atoms with Gasteiger partial charge in [0.05, 0.1) is 11.9 Å². The Bertz CT molecular complexity index is 422. The largest absolute Gasteiger partial charge is 0.387 e. The molecule has 0 bridgehead atoms. The van der Waals surface area contributed by atoms with E-state index in [0.717, 1.165) is 30.5 Å². The third kappa shape index (κ3) is 4.22. The van der Waals surface area contributed by atoms with Crippen LogP contribution in [0.2, 0.25) is 0 Å². The Morgan fingerprint density at radius 1 is 1.30 bits per heavy atom. The van der Waals surface area contributed by atoms with Crippen molar-refractivity contribution in [3.8, 4) is 0 Å². The molecule has 0 unspecified atom stereocenters. The van der Waals surface area contributed by atoms with Gasteiger partial charge in [-0.1, -0.05) is 32.6 Å². The summed E-state index contributed by atoms with van der Waals surface area (Å²) in [5.74, 6) is 1.60. The van der Waals surface area contributed by atoms with Gasteiger partial charge in [0.25, 0.3) is 5.91 Å². The highest BCUT2D eigenvalue weighted by molar-refractivity contribution is 5.92. The topological polar surface area (TPSA) is 54.0 Å².